The molecule has 4 aliphatic heterocycles. The molecule has 0 aromatic carbocycles. The number of hydrogen-bond acceptors (Lipinski definition) is 7. The van der Waals surface area contributed by atoms with Crippen LogP contribution in [-0.2, 0) is 19.1 Å². The van der Waals surface area contributed by atoms with Crippen molar-refractivity contribution in [3.05, 3.63) is 47.9 Å². The Labute approximate surface area is 175 Å². The number of nitrogens with zero attached hydrogens (tertiary/aromatic N) is 2. The maximum atomic E-state index is 13.7. The number of hydrogen-bond donors (Lipinski definition) is 1. The highest BCUT2D eigenvalue weighted by atomic mass is 32.1. The third-order valence-electron chi connectivity index (χ3n) is 6.92. The number of rotatable bonds is 3. The van der Waals surface area contributed by atoms with Gasteiger partial charge in [0.05, 0.1) is 36.3 Å². The summed E-state index contributed by atoms with van der Waals surface area (Å²) in [5.41, 5.74) is -0.979. The number of nitrogens with one attached hydrogen (secondary N) is 1. The highest BCUT2D eigenvalue weighted by Gasteiger charge is 2.74. The zero-order valence-electron chi connectivity index (χ0n) is 16.1. The number of furan rings is 1. The van der Waals surface area contributed by atoms with Gasteiger partial charge in [0.2, 0.25) is 11.8 Å². The Kier molecular flexibility index (Phi) is 3.67. The second-order valence-corrected chi connectivity index (χ2v) is 9.20. The summed E-state index contributed by atoms with van der Waals surface area (Å²) in [5.74, 6) is -1.54. The van der Waals surface area contributed by atoms with Crippen molar-refractivity contribution in [2.24, 2.45) is 17.8 Å². The lowest BCUT2D eigenvalue weighted by atomic mass is 9.70. The highest BCUT2D eigenvalue weighted by molar-refractivity contribution is 7.13. The van der Waals surface area contributed by atoms with E-state index in [2.05, 4.69) is 10.3 Å². The van der Waals surface area contributed by atoms with Crippen LogP contribution in [-0.4, -0.2) is 45.2 Å². The number of aromatic nitrogens is 1. The van der Waals surface area contributed by atoms with Gasteiger partial charge in [-0.2, -0.15) is 0 Å². The molecule has 9 heteroatoms. The molecular weight excluding hydrogens is 406 g/mol. The van der Waals surface area contributed by atoms with Gasteiger partial charge in [-0.25, -0.2) is 4.98 Å². The second kappa shape index (κ2) is 6.12. The van der Waals surface area contributed by atoms with Crippen LogP contribution in [0.3, 0.4) is 0 Å². The van der Waals surface area contributed by atoms with Crippen molar-refractivity contribution >= 4 is 34.1 Å². The summed E-state index contributed by atoms with van der Waals surface area (Å²) in [4.78, 5) is 45.6. The molecule has 1 spiro atoms. The molecule has 0 radical (unpaired) electrons. The van der Waals surface area contributed by atoms with Gasteiger partial charge < -0.3 is 19.4 Å². The van der Waals surface area contributed by atoms with Gasteiger partial charge in [0.15, 0.2) is 5.13 Å². The molecule has 6 heterocycles. The van der Waals surface area contributed by atoms with E-state index in [0.717, 1.165) is 0 Å². The van der Waals surface area contributed by atoms with Crippen LogP contribution in [0.1, 0.15) is 25.1 Å². The first kappa shape index (κ1) is 18.0. The van der Waals surface area contributed by atoms with E-state index < -0.39 is 41.5 Å². The number of thiazole rings is 1. The van der Waals surface area contributed by atoms with Crippen molar-refractivity contribution in [1.29, 1.82) is 0 Å². The molecule has 2 bridgehead atoms. The maximum Gasteiger partial charge on any atom is 0.233 e. The fourth-order valence-electron chi connectivity index (χ4n) is 5.74. The van der Waals surface area contributed by atoms with Crippen molar-refractivity contribution in [1.82, 2.24) is 9.88 Å². The smallest absolute Gasteiger partial charge is 0.233 e. The van der Waals surface area contributed by atoms with E-state index in [1.54, 1.807) is 34.9 Å². The Hall–Kier alpha value is -2.78. The summed E-state index contributed by atoms with van der Waals surface area (Å²) in [6, 6.07) is 2.58. The normalized spacial score (nSPS) is 38.8. The number of ether oxygens (including phenoxy) is 1. The topological polar surface area (TPSA) is 102 Å². The summed E-state index contributed by atoms with van der Waals surface area (Å²) in [6.07, 6.45) is 6.61. The molecule has 2 aromatic rings. The molecule has 154 valence electrons. The number of carbonyl (C=O) groups excluding carboxylic acids is 3. The van der Waals surface area contributed by atoms with Crippen molar-refractivity contribution in [2.75, 3.05) is 5.32 Å². The van der Waals surface area contributed by atoms with Gasteiger partial charge in [-0.1, -0.05) is 19.1 Å². The lowest BCUT2D eigenvalue weighted by Gasteiger charge is -2.43. The fraction of sp³-hybridized carbons (Fsp3) is 0.429. The third kappa shape index (κ3) is 2.19. The first-order valence-corrected chi connectivity index (χ1v) is 10.8. The quantitative estimate of drug-likeness (QED) is 0.757. The Morgan fingerprint density at radius 1 is 1.40 bits per heavy atom. The van der Waals surface area contributed by atoms with E-state index in [-0.39, 0.29) is 24.0 Å². The summed E-state index contributed by atoms with van der Waals surface area (Å²) < 4.78 is 11.9. The molecule has 0 unspecified atom stereocenters. The number of amides is 2. The zero-order valence-corrected chi connectivity index (χ0v) is 16.9. The first-order chi connectivity index (χ1) is 14.5. The first-order valence-electron chi connectivity index (χ1n) is 9.97. The molecule has 4 aliphatic rings. The van der Waals surface area contributed by atoms with Crippen LogP contribution < -0.4 is 5.32 Å². The number of ketones is 1. The molecule has 0 aliphatic carbocycles. The average molecular weight is 425 g/mol. The van der Waals surface area contributed by atoms with Crippen molar-refractivity contribution in [3.8, 4) is 0 Å². The van der Waals surface area contributed by atoms with Crippen molar-refractivity contribution < 1.29 is 23.5 Å². The molecule has 30 heavy (non-hydrogen) atoms. The van der Waals surface area contributed by atoms with E-state index in [1.807, 2.05) is 19.1 Å². The van der Waals surface area contributed by atoms with Gasteiger partial charge in [0.25, 0.3) is 0 Å². The average Bonchev–Trinajstić information content (AvgIpc) is 3.52. The fourth-order valence-corrected chi connectivity index (χ4v) is 6.27. The maximum absolute atomic E-state index is 13.7. The minimum absolute atomic E-state index is 0.0663. The standard InChI is InChI=1S/C21H19N3O5S/c1-10-12(25)9-11(13-3-2-7-28-13)24-17(10)21-5-4-14(29-21)15(16(21)19(24)27)18(26)23-20-22-6-8-30-20/h2-8,10-11,14-17H,9H2,1H3,(H,22,23,26)/t10-,11-,14-,15-,16-,17+,21+/m1/s1. The Morgan fingerprint density at radius 3 is 3.00 bits per heavy atom. The van der Waals surface area contributed by atoms with Crippen LogP contribution in [0, 0.1) is 17.8 Å². The van der Waals surface area contributed by atoms with Crippen LogP contribution in [0.2, 0.25) is 0 Å². The Morgan fingerprint density at radius 2 is 2.27 bits per heavy atom. The van der Waals surface area contributed by atoms with Gasteiger partial charge in [0, 0.05) is 23.9 Å². The lowest BCUT2D eigenvalue weighted by molar-refractivity contribution is -0.147. The third-order valence-corrected chi connectivity index (χ3v) is 7.61. The highest BCUT2D eigenvalue weighted by Crippen LogP contribution is 2.59. The van der Waals surface area contributed by atoms with E-state index in [4.69, 9.17) is 9.15 Å². The molecule has 3 saturated heterocycles. The summed E-state index contributed by atoms with van der Waals surface area (Å²) in [5, 5.41) is 5.08. The molecule has 1 N–H and O–H groups in total. The molecular formula is C21H19N3O5S. The SMILES string of the molecule is C[C@@H]1C(=O)C[C@H](c2ccco2)N2C(=O)[C@H]3[C@H](C(=O)Nc4nccs4)[C@H]4C=C[C@@]3(O4)[C@H]12. The van der Waals surface area contributed by atoms with E-state index in [0.29, 0.717) is 10.9 Å². The van der Waals surface area contributed by atoms with Crippen LogP contribution in [0.25, 0.3) is 0 Å². The Bertz CT molecular complexity index is 1060. The molecule has 2 amide bonds. The zero-order chi connectivity index (χ0) is 20.6. The predicted molar refractivity (Wildman–Crippen MR) is 105 cm³/mol. The summed E-state index contributed by atoms with van der Waals surface area (Å²) >= 11 is 1.32. The van der Waals surface area contributed by atoms with Crippen LogP contribution >= 0.6 is 11.3 Å². The van der Waals surface area contributed by atoms with Gasteiger partial charge in [-0.05, 0) is 12.1 Å². The van der Waals surface area contributed by atoms with E-state index >= 15 is 0 Å². The van der Waals surface area contributed by atoms with Crippen molar-refractivity contribution in [3.63, 3.8) is 0 Å². The largest absolute Gasteiger partial charge is 0.467 e. The summed E-state index contributed by atoms with van der Waals surface area (Å²) in [7, 11) is 0. The van der Waals surface area contributed by atoms with Crippen molar-refractivity contribution in [2.45, 2.75) is 37.1 Å². The number of piperidine rings is 1. The molecule has 2 aromatic heterocycles. The van der Waals surface area contributed by atoms with E-state index in [9.17, 15) is 14.4 Å². The number of Topliss-reactive ketones (excluding diaryl/α,β-unsaturated/α-hetero) is 1. The van der Waals surface area contributed by atoms with Crippen LogP contribution in [0.15, 0.2) is 46.5 Å². The second-order valence-electron chi connectivity index (χ2n) is 8.31. The van der Waals surface area contributed by atoms with Crippen LogP contribution in [0.4, 0.5) is 5.13 Å². The van der Waals surface area contributed by atoms with Gasteiger partial charge in [-0.3, -0.25) is 14.4 Å². The minimum atomic E-state index is -0.979. The number of fused-ring (bicyclic) bond motifs is 2. The predicted octanol–water partition coefficient (Wildman–Crippen LogP) is 2.18. The Balaban J connectivity index is 1.41. The van der Waals surface area contributed by atoms with Crippen LogP contribution in [0.5, 0.6) is 0 Å². The molecule has 7 atom stereocenters. The van der Waals surface area contributed by atoms with Gasteiger partial charge in [-0.15, -0.1) is 11.3 Å². The van der Waals surface area contributed by atoms with Gasteiger partial charge in [0.1, 0.15) is 17.1 Å². The molecule has 3 fully saturated rings. The number of anilines is 1. The lowest BCUT2D eigenvalue weighted by Crippen LogP contribution is -2.55. The van der Waals surface area contributed by atoms with E-state index in [1.165, 1.54) is 11.3 Å². The molecule has 0 saturated carbocycles. The molecule has 6 rings (SSSR count). The molecule has 8 nitrogen and oxygen atoms in total. The minimum Gasteiger partial charge on any atom is -0.467 e. The summed E-state index contributed by atoms with van der Waals surface area (Å²) in [6.45, 7) is 1.84. The van der Waals surface area contributed by atoms with Gasteiger partial charge >= 0.3 is 0 Å². The monoisotopic (exact) mass is 425 g/mol. The number of carbonyl (C=O) groups is 3.